The van der Waals surface area contributed by atoms with Gasteiger partial charge in [-0.25, -0.2) is 5.84 Å². The normalized spacial score (nSPS) is 10.3. The molecule has 0 aliphatic heterocycles. The minimum Gasteiger partial charge on any atom is -0.382 e. The number of aryl methyl sites for hydroxylation is 1. The molecule has 0 bridgehead atoms. The number of aromatic nitrogens is 2. The first kappa shape index (κ1) is 12.1. The summed E-state index contributed by atoms with van der Waals surface area (Å²) in [6.07, 6.45) is 0. The predicted octanol–water partition coefficient (Wildman–Crippen LogP) is 0.426. The van der Waals surface area contributed by atoms with Gasteiger partial charge in [-0.2, -0.15) is 5.10 Å². The van der Waals surface area contributed by atoms with Crippen LogP contribution in [0, 0.1) is 6.92 Å². The van der Waals surface area contributed by atoms with Crippen molar-refractivity contribution >= 4 is 11.7 Å². The van der Waals surface area contributed by atoms with Crippen molar-refractivity contribution in [1.82, 2.24) is 15.2 Å². The summed E-state index contributed by atoms with van der Waals surface area (Å²) < 4.78 is 1.79. The summed E-state index contributed by atoms with van der Waals surface area (Å²) in [6.45, 7) is 2.49. The molecule has 0 unspecified atom stereocenters. The predicted molar refractivity (Wildman–Crippen MR) is 68.6 cm³/mol. The molecule has 5 N–H and O–H groups in total. The number of hydrogen-bond donors (Lipinski definition) is 3. The minimum atomic E-state index is -0.312. The molecule has 0 radical (unpaired) electrons. The molecule has 0 spiro atoms. The number of nitrogens with zero attached hydrogens (tertiary/aromatic N) is 2. The molecule has 6 heteroatoms. The lowest BCUT2D eigenvalue weighted by atomic mass is 10.1. The summed E-state index contributed by atoms with van der Waals surface area (Å²) in [5, 5.41) is 4.17. The number of hydrogen-bond acceptors (Lipinski definition) is 4. The molecule has 1 amide bonds. The maximum atomic E-state index is 11.4. The van der Waals surface area contributed by atoms with Gasteiger partial charge < -0.3 is 5.73 Å². The number of nitrogens with one attached hydrogen (secondary N) is 1. The van der Waals surface area contributed by atoms with Gasteiger partial charge in [0.2, 0.25) is 0 Å². The second-order valence-electron chi connectivity index (χ2n) is 4.04. The number of nitrogen functional groups attached to an aromatic ring is 2. The van der Waals surface area contributed by atoms with E-state index < -0.39 is 0 Å². The second-order valence-corrected chi connectivity index (χ2v) is 4.04. The van der Waals surface area contributed by atoms with E-state index in [4.69, 9.17) is 11.6 Å². The zero-order valence-electron chi connectivity index (χ0n) is 10.1. The van der Waals surface area contributed by atoms with Crippen molar-refractivity contribution in [3.63, 3.8) is 0 Å². The summed E-state index contributed by atoms with van der Waals surface area (Å²) in [5.41, 5.74) is 10.2. The highest BCUT2D eigenvalue weighted by atomic mass is 16.2. The molecular weight excluding hydrogens is 230 g/mol. The quantitative estimate of drug-likeness (QED) is 0.414. The molecule has 1 aromatic heterocycles. The standard InChI is InChI=1S/C12H15N5O/c1-8-5-11(13)16-17(8)7-9-3-2-4-10(6-9)12(18)15-14/h2-6H,7,14H2,1H3,(H2,13,16)(H,15,18). The van der Waals surface area contributed by atoms with Gasteiger partial charge in [0, 0.05) is 17.3 Å². The summed E-state index contributed by atoms with van der Waals surface area (Å²) >= 11 is 0. The SMILES string of the molecule is Cc1cc(N)nn1Cc1cccc(C(=O)NN)c1. The third-order valence-electron chi connectivity index (χ3n) is 2.65. The summed E-state index contributed by atoms with van der Waals surface area (Å²) in [6, 6.07) is 9.01. The molecule has 2 rings (SSSR count). The van der Waals surface area contributed by atoms with E-state index in [1.165, 1.54) is 0 Å². The third kappa shape index (κ3) is 2.49. The zero-order chi connectivity index (χ0) is 13.1. The van der Waals surface area contributed by atoms with Crippen molar-refractivity contribution in [2.45, 2.75) is 13.5 Å². The Labute approximate surface area is 105 Å². The number of amides is 1. The van der Waals surface area contributed by atoms with Crippen LogP contribution in [0.3, 0.4) is 0 Å². The van der Waals surface area contributed by atoms with Gasteiger partial charge >= 0.3 is 0 Å². The topological polar surface area (TPSA) is 99.0 Å². The molecule has 0 saturated heterocycles. The Morgan fingerprint density at radius 1 is 1.44 bits per heavy atom. The van der Waals surface area contributed by atoms with Gasteiger partial charge in [-0.1, -0.05) is 12.1 Å². The lowest BCUT2D eigenvalue weighted by Crippen LogP contribution is -2.30. The molecule has 6 nitrogen and oxygen atoms in total. The van der Waals surface area contributed by atoms with Crippen LogP contribution in [0.1, 0.15) is 21.6 Å². The van der Waals surface area contributed by atoms with Crippen LogP contribution in [0.4, 0.5) is 5.82 Å². The Bertz CT molecular complexity index is 576. The molecule has 2 aromatic rings. The van der Waals surface area contributed by atoms with Crippen LogP contribution in [-0.2, 0) is 6.54 Å². The Balaban J connectivity index is 2.24. The number of nitrogens with two attached hydrogens (primary N) is 2. The monoisotopic (exact) mass is 245 g/mol. The molecule has 18 heavy (non-hydrogen) atoms. The van der Waals surface area contributed by atoms with Crippen molar-refractivity contribution in [3.05, 3.63) is 47.2 Å². The van der Waals surface area contributed by atoms with Gasteiger partial charge in [0.1, 0.15) is 5.82 Å². The van der Waals surface area contributed by atoms with Crippen LogP contribution in [0.5, 0.6) is 0 Å². The first-order valence-electron chi connectivity index (χ1n) is 5.50. The van der Waals surface area contributed by atoms with Gasteiger partial charge in [0.25, 0.3) is 5.91 Å². The maximum absolute atomic E-state index is 11.4. The second kappa shape index (κ2) is 4.89. The first-order valence-corrected chi connectivity index (χ1v) is 5.50. The number of rotatable bonds is 3. The summed E-state index contributed by atoms with van der Waals surface area (Å²) in [5.74, 6) is 5.28. The number of carbonyl (C=O) groups excluding carboxylic acids is 1. The Morgan fingerprint density at radius 3 is 2.83 bits per heavy atom. The average molecular weight is 245 g/mol. The van der Waals surface area contributed by atoms with Crippen molar-refractivity contribution in [2.75, 3.05) is 5.73 Å². The summed E-state index contributed by atoms with van der Waals surface area (Å²) in [7, 11) is 0. The molecule has 1 heterocycles. The number of anilines is 1. The largest absolute Gasteiger partial charge is 0.382 e. The van der Waals surface area contributed by atoms with Gasteiger partial charge in [-0.05, 0) is 24.6 Å². The molecular formula is C12H15N5O. The number of hydrazine groups is 1. The molecule has 0 atom stereocenters. The van der Waals surface area contributed by atoms with E-state index in [2.05, 4.69) is 10.5 Å². The van der Waals surface area contributed by atoms with Gasteiger partial charge in [-0.3, -0.25) is 14.9 Å². The minimum absolute atomic E-state index is 0.312. The van der Waals surface area contributed by atoms with Crippen molar-refractivity contribution < 1.29 is 4.79 Å². The smallest absolute Gasteiger partial charge is 0.265 e. The van der Waals surface area contributed by atoms with Crippen LogP contribution in [-0.4, -0.2) is 15.7 Å². The van der Waals surface area contributed by atoms with E-state index in [1.54, 1.807) is 22.9 Å². The highest BCUT2D eigenvalue weighted by Gasteiger charge is 2.06. The highest BCUT2D eigenvalue weighted by Crippen LogP contribution is 2.10. The van der Waals surface area contributed by atoms with E-state index in [0.29, 0.717) is 17.9 Å². The Kier molecular flexibility index (Phi) is 3.29. The number of carbonyl (C=O) groups is 1. The molecule has 0 fully saturated rings. The van der Waals surface area contributed by atoms with Crippen molar-refractivity contribution in [1.29, 1.82) is 0 Å². The average Bonchev–Trinajstić information content (AvgIpc) is 2.67. The van der Waals surface area contributed by atoms with E-state index in [1.807, 2.05) is 19.1 Å². The van der Waals surface area contributed by atoms with Crippen LogP contribution in [0.2, 0.25) is 0 Å². The molecule has 0 saturated carbocycles. The third-order valence-corrected chi connectivity index (χ3v) is 2.65. The van der Waals surface area contributed by atoms with Crippen LogP contribution in [0.15, 0.2) is 30.3 Å². The van der Waals surface area contributed by atoms with E-state index in [0.717, 1.165) is 11.3 Å². The van der Waals surface area contributed by atoms with Crippen molar-refractivity contribution in [2.24, 2.45) is 5.84 Å². The highest BCUT2D eigenvalue weighted by molar-refractivity contribution is 5.93. The Hall–Kier alpha value is -2.34. The van der Waals surface area contributed by atoms with Crippen LogP contribution in [0.25, 0.3) is 0 Å². The van der Waals surface area contributed by atoms with Gasteiger partial charge in [-0.15, -0.1) is 0 Å². The zero-order valence-corrected chi connectivity index (χ0v) is 10.1. The fourth-order valence-corrected chi connectivity index (χ4v) is 1.76. The van der Waals surface area contributed by atoms with E-state index in [-0.39, 0.29) is 5.91 Å². The van der Waals surface area contributed by atoms with E-state index in [9.17, 15) is 4.79 Å². The summed E-state index contributed by atoms with van der Waals surface area (Å²) in [4.78, 5) is 11.4. The fourth-order valence-electron chi connectivity index (χ4n) is 1.76. The molecule has 1 aromatic carbocycles. The maximum Gasteiger partial charge on any atom is 0.265 e. The van der Waals surface area contributed by atoms with Crippen LogP contribution < -0.4 is 17.0 Å². The van der Waals surface area contributed by atoms with Gasteiger partial charge in [0.05, 0.1) is 6.54 Å². The first-order chi connectivity index (χ1) is 8.60. The number of benzene rings is 1. The lowest BCUT2D eigenvalue weighted by Gasteiger charge is -2.06. The van der Waals surface area contributed by atoms with E-state index >= 15 is 0 Å². The Morgan fingerprint density at radius 2 is 2.22 bits per heavy atom. The molecule has 0 aliphatic carbocycles. The van der Waals surface area contributed by atoms with Crippen molar-refractivity contribution in [3.8, 4) is 0 Å². The molecule has 94 valence electrons. The molecule has 0 aliphatic rings. The lowest BCUT2D eigenvalue weighted by molar-refractivity contribution is 0.0953. The van der Waals surface area contributed by atoms with Crippen LogP contribution >= 0.6 is 0 Å². The fraction of sp³-hybridized carbons (Fsp3) is 0.167. The van der Waals surface area contributed by atoms with Gasteiger partial charge in [0.15, 0.2) is 0 Å².